The third kappa shape index (κ3) is 4.67. The maximum Gasteiger partial charge on any atom is 0.374 e. The lowest BCUT2D eigenvalue weighted by molar-refractivity contribution is 0.0560. The molecule has 0 radical (unpaired) electrons. The molecular weight excluding hydrogens is 434 g/mol. The first kappa shape index (κ1) is 23.1. The number of esters is 2. The summed E-state index contributed by atoms with van der Waals surface area (Å²) >= 11 is 0. The van der Waals surface area contributed by atoms with Gasteiger partial charge in [0.25, 0.3) is 10.0 Å². The molecular formula is C23H23NO7S. The number of nitrogens with zero attached hydrogens (tertiary/aromatic N) is 1. The second-order valence-electron chi connectivity index (χ2n) is 7.08. The van der Waals surface area contributed by atoms with Gasteiger partial charge in [0.2, 0.25) is 5.76 Å². The maximum atomic E-state index is 13.5. The van der Waals surface area contributed by atoms with Crippen molar-refractivity contribution in [2.75, 3.05) is 18.5 Å². The second-order valence-corrected chi connectivity index (χ2v) is 8.94. The Bertz CT molecular complexity index is 1230. The predicted molar refractivity (Wildman–Crippen MR) is 117 cm³/mol. The number of sulfonamides is 1. The average Bonchev–Trinajstić information content (AvgIpc) is 3.17. The Hall–Kier alpha value is -3.59. The average molecular weight is 458 g/mol. The molecule has 2 aromatic carbocycles. The maximum absolute atomic E-state index is 13.5. The molecule has 9 heteroatoms. The molecule has 0 aliphatic carbocycles. The van der Waals surface area contributed by atoms with E-state index >= 15 is 0 Å². The minimum Gasteiger partial charge on any atom is -0.465 e. The van der Waals surface area contributed by atoms with Gasteiger partial charge in [-0.3, -0.25) is 4.31 Å². The number of rotatable bonds is 7. The van der Waals surface area contributed by atoms with Gasteiger partial charge < -0.3 is 13.9 Å². The van der Waals surface area contributed by atoms with Crippen LogP contribution in [0.1, 0.15) is 37.8 Å². The molecule has 1 aromatic heterocycles. The fourth-order valence-electron chi connectivity index (χ4n) is 3.10. The fourth-order valence-corrected chi connectivity index (χ4v) is 4.53. The molecule has 32 heavy (non-hydrogen) atoms. The number of hydrogen-bond donors (Lipinski definition) is 0. The molecule has 0 bridgehead atoms. The summed E-state index contributed by atoms with van der Waals surface area (Å²) in [6.07, 6.45) is 0. The summed E-state index contributed by atoms with van der Waals surface area (Å²) in [6.45, 7) is 3.36. The number of methoxy groups -OCH3 is 2. The van der Waals surface area contributed by atoms with Gasteiger partial charge in [-0.2, -0.15) is 0 Å². The number of ether oxygens (including phenoxy) is 2. The van der Waals surface area contributed by atoms with Crippen molar-refractivity contribution < 1.29 is 31.9 Å². The van der Waals surface area contributed by atoms with E-state index in [1.165, 1.54) is 50.6 Å². The highest BCUT2D eigenvalue weighted by Gasteiger charge is 2.28. The third-order valence-electron chi connectivity index (χ3n) is 4.82. The zero-order valence-corrected chi connectivity index (χ0v) is 18.9. The van der Waals surface area contributed by atoms with Gasteiger partial charge in [-0.15, -0.1) is 0 Å². The van der Waals surface area contributed by atoms with Gasteiger partial charge in [-0.1, -0.05) is 17.7 Å². The summed E-state index contributed by atoms with van der Waals surface area (Å²) in [7, 11) is -1.49. The van der Waals surface area contributed by atoms with Crippen molar-refractivity contribution in [3.8, 4) is 0 Å². The van der Waals surface area contributed by atoms with Crippen LogP contribution >= 0.6 is 0 Å². The Morgan fingerprint density at radius 1 is 0.906 bits per heavy atom. The van der Waals surface area contributed by atoms with Crippen LogP contribution in [0.5, 0.6) is 0 Å². The first-order valence-electron chi connectivity index (χ1n) is 9.62. The van der Waals surface area contributed by atoms with E-state index in [9.17, 15) is 18.0 Å². The molecule has 0 saturated carbocycles. The molecule has 0 spiro atoms. The zero-order valence-electron chi connectivity index (χ0n) is 18.1. The fraction of sp³-hybridized carbons (Fsp3) is 0.217. The second kappa shape index (κ2) is 9.27. The van der Waals surface area contributed by atoms with Crippen molar-refractivity contribution in [2.45, 2.75) is 25.3 Å². The van der Waals surface area contributed by atoms with Crippen molar-refractivity contribution >= 4 is 27.6 Å². The number of aryl methyl sites for hydroxylation is 2. The zero-order chi connectivity index (χ0) is 23.5. The van der Waals surface area contributed by atoms with Crippen LogP contribution in [-0.2, 0) is 26.0 Å². The van der Waals surface area contributed by atoms with Crippen LogP contribution in [0.25, 0.3) is 0 Å². The quantitative estimate of drug-likeness (QED) is 0.496. The Balaban J connectivity index is 2.06. The summed E-state index contributed by atoms with van der Waals surface area (Å²) in [5, 5.41) is 0. The number of carbonyl (C=O) groups excluding carboxylic acids is 2. The number of carbonyl (C=O) groups is 2. The summed E-state index contributed by atoms with van der Waals surface area (Å²) in [5.41, 5.74) is 2.04. The summed E-state index contributed by atoms with van der Waals surface area (Å²) < 4.78 is 43.2. The Labute approximate surface area is 186 Å². The van der Waals surface area contributed by atoms with Crippen molar-refractivity contribution in [3.63, 3.8) is 0 Å². The molecule has 0 fully saturated rings. The summed E-state index contributed by atoms with van der Waals surface area (Å²) in [6, 6.07) is 14.0. The molecule has 0 unspecified atom stereocenters. The van der Waals surface area contributed by atoms with Gasteiger partial charge >= 0.3 is 11.9 Å². The van der Waals surface area contributed by atoms with E-state index in [1.54, 1.807) is 25.1 Å². The number of anilines is 1. The molecule has 168 valence electrons. The largest absolute Gasteiger partial charge is 0.465 e. The van der Waals surface area contributed by atoms with Crippen LogP contribution in [0.2, 0.25) is 0 Å². The van der Waals surface area contributed by atoms with Crippen molar-refractivity contribution in [3.05, 3.63) is 82.8 Å². The number of benzene rings is 2. The lowest BCUT2D eigenvalue weighted by Crippen LogP contribution is -2.30. The molecule has 0 aliphatic heterocycles. The predicted octanol–water partition coefficient (Wildman–Crippen LogP) is 3.87. The molecule has 0 atom stereocenters. The van der Waals surface area contributed by atoms with Crippen LogP contribution in [0.15, 0.2) is 63.9 Å². The Morgan fingerprint density at radius 2 is 1.50 bits per heavy atom. The van der Waals surface area contributed by atoms with E-state index in [4.69, 9.17) is 13.9 Å². The summed E-state index contributed by atoms with van der Waals surface area (Å²) in [5.74, 6) is -0.912. The third-order valence-corrected chi connectivity index (χ3v) is 6.61. The first-order valence-corrected chi connectivity index (χ1v) is 11.1. The molecule has 3 rings (SSSR count). The highest BCUT2D eigenvalue weighted by atomic mass is 32.2. The topological polar surface area (TPSA) is 103 Å². The van der Waals surface area contributed by atoms with Crippen LogP contribution in [0, 0.1) is 13.8 Å². The van der Waals surface area contributed by atoms with E-state index in [1.807, 2.05) is 6.92 Å². The smallest absolute Gasteiger partial charge is 0.374 e. The Kier molecular flexibility index (Phi) is 6.69. The van der Waals surface area contributed by atoms with E-state index in [2.05, 4.69) is 0 Å². The van der Waals surface area contributed by atoms with E-state index in [0.717, 1.165) is 9.87 Å². The van der Waals surface area contributed by atoms with Gasteiger partial charge in [0.05, 0.1) is 36.9 Å². The normalized spacial score (nSPS) is 11.1. The van der Waals surface area contributed by atoms with Gasteiger partial charge in [-0.25, -0.2) is 18.0 Å². The van der Waals surface area contributed by atoms with Gasteiger partial charge in [0.15, 0.2) is 0 Å². The monoisotopic (exact) mass is 457 g/mol. The first-order chi connectivity index (χ1) is 15.2. The van der Waals surface area contributed by atoms with Gasteiger partial charge in [0, 0.05) is 5.56 Å². The van der Waals surface area contributed by atoms with Crippen LogP contribution in [-0.4, -0.2) is 34.6 Å². The lowest BCUT2D eigenvalue weighted by Gasteiger charge is -2.24. The SMILES string of the molecule is COC(=O)c1ccc(N(Cc2cc(C)c(C(=O)OC)o2)S(=O)(=O)c2ccc(C)cc2)cc1. The number of furan rings is 1. The van der Waals surface area contributed by atoms with Crippen LogP contribution in [0.4, 0.5) is 5.69 Å². The highest BCUT2D eigenvalue weighted by molar-refractivity contribution is 7.92. The Morgan fingerprint density at radius 3 is 2.06 bits per heavy atom. The highest BCUT2D eigenvalue weighted by Crippen LogP contribution is 2.28. The molecule has 0 aliphatic rings. The van der Waals surface area contributed by atoms with Gasteiger partial charge in [-0.05, 0) is 56.3 Å². The molecule has 3 aromatic rings. The molecule has 0 N–H and O–H groups in total. The number of hydrogen-bond acceptors (Lipinski definition) is 7. The van der Waals surface area contributed by atoms with Crippen molar-refractivity contribution in [2.24, 2.45) is 0 Å². The lowest BCUT2D eigenvalue weighted by atomic mass is 10.2. The standard InChI is InChI=1S/C23H23NO7S/c1-15-5-11-20(12-6-15)32(27,28)24(18-9-7-17(8-10-18)22(25)29-3)14-19-13-16(2)21(31-19)23(26)30-4/h5-13H,14H2,1-4H3. The molecule has 0 amide bonds. The molecule has 1 heterocycles. The minimum absolute atomic E-state index is 0.0104. The van der Waals surface area contributed by atoms with Crippen LogP contribution < -0.4 is 4.31 Å². The van der Waals surface area contributed by atoms with Crippen molar-refractivity contribution in [1.82, 2.24) is 0 Å². The van der Waals surface area contributed by atoms with E-state index < -0.39 is 22.0 Å². The van der Waals surface area contributed by atoms with Gasteiger partial charge in [0.1, 0.15) is 5.76 Å². The summed E-state index contributed by atoms with van der Waals surface area (Å²) in [4.78, 5) is 23.7. The van der Waals surface area contributed by atoms with Crippen LogP contribution in [0.3, 0.4) is 0 Å². The molecule has 0 saturated heterocycles. The van der Waals surface area contributed by atoms with E-state index in [0.29, 0.717) is 11.3 Å². The van der Waals surface area contributed by atoms with Crippen molar-refractivity contribution in [1.29, 1.82) is 0 Å². The van der Waals surface area contributed by atoms with E-state index in [-0.39, 0.29) is 28.5 Å². The minimum atomic E-state index is -4.00. The molecule has 8 nitrogen and oxygen atoms in total.